The van der Waals surface area contributed by atoms with Gasteiger partial charge in [-0.25, -0.2) is 13.2 Å². The topological polar surface area (TPSA) is 91.7 Å². The van der Waals surface area contributed by atoms with E-state index in [1.807, 2.05) is 18.2 Å². The van der Waals surface area contributed by atoms with Gasteiger partial charge in [-0.1, -0.05) is 54.1 Å². The number of hydrogen-bond donors (Lipinski definition) is 2. The summed E-state index contributed by atoms with van der Waals surface area (Å²) in [6, 6.07) is 22.1. The number of thioether (sulfide) groups is 1. The fourth-order valence-electron chi connectivity index (χ4n) is 2.78. The van der Waals surface area contributed by atoms with Gasteiger partial charge in [-0.2, -0.15) is 0 Å². The third-order valence-corrected chi connectivity index (χ3v) is 7.77. The van der Waals surface area contributed by atoms with E-state index in [1.165, 1.54) is 12.1 Å². The smallest absolute Gasteiger partial charge is 0.479 e. The molecule has 0 aliphatic carbocycles. The summed E-state index contributed by atoms with van der Waals surface area (Å²) in [5.74, 6) is -2.79. The number of carbonyl (C=O) groups is 1. The van der Waals surface area contributed by atoms with E-state index in [2.05, 4.69) is 0 Å². The molecule has 0 saturated heterocycles. The molecule has 3 rings (SSSR count). The van der Waals surface area contributed by atoms with Crippen molar-refractivity contribution >= 4 is 39.2 Å². The van der Waals surface area contributed by atoms with Gasteiger partial charge in [0.15, 0.2) is 15.4 Å². The first kappa shape index (κ1) is 25.9. The van der Waals surface area contributed by atoms with E-state index >= 15 is 0 Å². The maximum atomic E-state index is 12.8. The minimum Gasteiger partial charge on any atom is -0.479 e. The first-order chi connectivity index (χ1) is 14.2. The van der Waals surface area contributed by atoms with Crippen LogP contribution < -0.4 is 29.6 Å². The molecular formula is C22H19ClNaO5S2+. The average Bonchev–Trinajstić information content (AvgIpc) is 2.73. The van der Waals surface area contributed by atoms with Crippen LogP contribution in [0.1, 0.15) is 0 Å². The van der Waals surface area contributed by atoms with Crippen LogP contribution >= 0.6 is 23.4 Å². The van der Waals surface area contributed by atoms with Crippen LogP contribution in [-0.2, 0) is 14.6 Å². The van der Waals surface area contributed by atoms with Gasteiger partial charge in [-0.3, -0.25) is 0 Å². The van der Waals surface area contributed by atoms with Gasteiger partial charge in [-0.05, 0) is 47.5 Å². The summed E-state index contributed by atoms with van der Waals surface area (Å²) < 4.78 is 25.6. The summed E-state index contributed by atoms with van der Waals surface area (Å²) in [5.41, 5.74) is -0.767. The number of sulfone groups is 1. The van der Waals surface area contributed by atoms with Crippen LogP contribution in [0, 0.1) is 0 Å². The third-order valence-electron chi connectivity index (χ3n) is 4.44. The number of carboxylic acids is 1. The summed E-state index contributed by atoms with van der Waals surface area (Å²) in [4.78, 5) is 12.4. The number of aliphatic carboxylic acids is 1. The molecule has 156 valence electrons. The molecule has 31 heavy (non-hydrogen) atoms. The van der Waals surface area contributed by atoms with Crippen molar-refractivity contribution in [2.75, 3.05) is 11.5 Å². The number of rotatable bonds is 8. The normalized spacial score (nSPS) is 13.1. The van der Waals surface area contributed by atoms with E-state index < -0.39 is 27.2 Å². The Kier molecular flexibility index (Phi) is 9.21. The largest absolute Gasteiger partial charge is 1.00 e. The van der Waals surface area contributed by atoms with Gasteiger partial charge in [0, 0.05) is 15.7 Å². The Morgan fingerprint density at radius 1 is 0.903 bits per heavy atom. The van der Waals surface area contributed by atoms with Crippen molar-refractivity contribution < 1.29 is 53.0 Å². The maximum Gasteiger partial charge on any atom is 1.00 e. The van der Waals surface area contributed by atoms with Crippen molar-refractivity contribution in [3.05, 3.63) is 83.9 Å². The first-order valence-electron chi connectivity index (χ1n) is 8.92. The van der Waals surface area contributed by atoms with Gasteiger partial charge in [-0.15, -0.1) is 11.8 Å². The molecule has 9 heteroatoms. The molecule has 2 N–H and O–H groups in total. The number of halogens is 1. The van der Waals surface area contributed by atoms with Gasteiger partial charge >= 0.3 is 35.5 Å². The van der Waals surface area contributed by atoms with Crippen molar-refractivity contribution in [1.29, 1.82) is 0 Å². The zero-order valence-corrected chi connectivity index (χ0v) is 21.1. The van der Waals surface area contributed by atoms with Gasteiger partial charge in [0.05, 0.1) is 10.6 Å². The van der Waals surface area contributed by atoms with E-state index in [0.29, 0.717) is 5.02 Å². The molecule has 0 unspecified atom stereocenters. The molecule has 0 heterocycles. The Morgan fingerprint density at radius 3 is 1.94 bits per heavy atom. The summed E-state index contributed by atoms with van der Waals surface area (Å²) >= 11 is 6.97. The molecular weight excluding hydrogens is 467 g/mol. The van der Waals surface area contributed by atoms with Crippen LogP contribution in [0.3, 0.4) is 0 Å². The van der Waals surface area contributed by atoms with E-state index in [1.54, 1.807) is 48.5 Å². The minimum absolute atomic E-state index is 0. The van der Waals surface area contributed by atoms with Gasteiger partial charge in [0.25, 0.3) is 0 Å². The Labute approximate surface area is 212 Å². The number of carboxylic acid groups (broad SMARTS) is 1. The van der Waals surface area contributed by atoms with Crippen LogP contribution in [0.25, 0.3) is 11.1 Å². The first-order valence-corrected chi connectivity index (χ1v) is 11.9. The molecule has 3 aromatic rings. The molecule has 0 spiro atoms. The predicted octanol–water partition coefficient (Wildman–Crippen LogP) is 1.39. The average molecular weight is 486 g/mol. The molecule has 0 saturated carbocycles. The third kappa shape index (κ3) is 6.83. The van der Waals surface area contributed by atoms with Crippen molar-refractivity contribution in [1.82, 2.24) is 0 Å². The number of aliphatic hydroxyl groups is 1. The van der Waals surface area contributed by atoms with Crippen LogP contribution in [0.2, 0.25) is 5.02 Å². The van der Waals surface area contributed by atoms with E-state index in [-0.39, 0.29) is 40.2 Å². The maximum absolute atomic E-state index is 12.8. The Hall–Kier alpha value is -1.32. The summed E-state index contributed by atoms with van der Waals surface area (Å²) in [6.45, 7) is 0. The molecule has 0 aromatic heterocycles. The second-order valence-electron chi connectivity index (χ2n) is 6.73. The molecule has 1 atom stereocenters. The molecule has 0 radical (unpaired) electrons. The fourth-order valence-corrected chi connectivity index (χ4v) is 5.59. The predicted molar refractivity (Wildman–Crippen MR) is 119 cm³/mol. The summed E-state index contributed by atoms with van der Waals surface area (Å²) in [6.07, 6.45) is 0. The Balaban J connectivity index is 0.00000341. The minimum atomic E-state index is -4.04. The molecule has 0 aliphatic heterocycles. The second-order valence-corrected chi connectivity index (χ2v) is 10.2. The van der Waals surface area contributed by atoms with Crippen molar-refractivity contribution in [3.8, 4) is 11.1 Å². The van der Waals surface area contributed by atoms with Crippen LogP contribution in [0.4, 0.5) is 0 Å². The molecule has 0 amide bonds. The standard InChI is InChI=1S/C22H19ClO5S2.Na/c23-18-10-6-16(7-11-18)17-8-12-20(13-9-17)30(27,28)15-22(26,21(24)25)14-29-19-4-2-1-3-5-19;/h1-13,26H,14-15H2,(H,24,25);/q;+1/t22-;/m1./s1. The van der Waals surface area contributed by atoms with Crippen molar-refractivity contribution in [2.45, 2.75) is 15.4 Å². The molecule has 0 aliphatic rings. The quantitative estimate of drug-likeness (QED) is 0.370. The Morgan fingerprint density at radius 2 is 1.42 bits per heavy atom. The molecule has 0 bridgehead atoms. The van der Waals surface area contributed by atoms with Crippen LogP contribution in [0.5, 0.6) is 0 Å². The zero-order chi connectivity index (χ0) is 21.8. The fraction of sp³-hybridized carbons (Fsp3) is 0.136. The van der Waals surface area contributed by atoms with E-state index in [9.17, 15) is 23.4 Å². The molecule has 5 nitrogen and oxygen atoms in total. The van der Waals surface area contributed by atoms with Crippen molar-refractivity contribution in [2.24, 2.45) is 0 Å². The number of hydrogen-bond acceptors (Lipinski definition) is 5. The van der Waals surface area contributed by atoms with Crippen LogP contribution in [-0.4, -0.2) is 41.7 Å². The molecule has 0 fully saturated rings. The van der Waals surface area contributed by atoms with Gasteiger partial charge < -0.3 is 10.2 Å². The molecule has 3 aromatic carbocycles. The van der Waals surface area contributed by atoms with Crippen LogP contribution in [0.15, 0.2) is 88.7 Å². The second kappa shape index (κ2) is 11.0. The van der Waals surface area contributed by atoms with Crippen molar-refractivity contribution in [3.63, 3.8) is 0 Å². The van der Waals surface area contributed by atoms with Gasteiger partial charge in [0.1, 0.15) is 0 Å². The van der Waals surface area contributed by atoms with Gasteiger partial charge in [0.2, 0.25) is 0 Å². The monoisotopic (exact) mass is 485 g/mol. The van der Waals surface area contributed by atoms with E-state index in [4.69, 9.17) is 11.6 Å². The Bertz CT molecular complexity index is 1120. The number of benzene rings is 3. The van der Waals surface area contributed by atoms with E-state index in [0.717, 1.165) is 27.8 Å². The zero-order valence-electron chi connectivity index (χ0n) is 16.7. The summed E-state index contributed by atoms with van der Waals surface area (Å²) in [5, 5.41) is 20.7. The SMILES string of the molecule is O=C(O)[C@@](O)(CSc1ccccc1)CS(=O)(=O)c1ccc(-c2ccc(Cl)cc2)cc1.[Na+]. The summed E-state index contributed by atoms with van der Waals surface area (Å²) in [7, 11) is -4.04.